The molecule has 2 saturated heterocycles. The Kier molecular flexibility index (Phi) is 3.61. The Hall–Kier alpha value is -3.00. The van der Waals surface area contributed by atoms with Crippen LogP contribution in [0.15, 0.2) is 41.2 Å². The standard InChI is InChI=1S/C19H20N6O2/c1-23-8-7-13-10-24(11-15(13)23)18(27)17-21-19-20-14(9-16(26)25(19)22-17)12-5-3-2-4-6-12/h2-6,9,13,15H,7-8,10-11H2,1H3,(H,20,21,22)/t13-,15+/m1/s1. The van der Waals surface area contributed by atoms with Crippen LogP contribution < -0.4 is 5.56 Å². The highest BCUT2D eigenvalue weighted by Crippen LogP contribution is 2.30. The van der Waals surface area contributed by atoms with Gasteiger partial charge in [0.25, 0.3) is 17.2 Å². The lowest BCUT2D eigenvalue weighted by molar-refractivity contribution is 0.0762. The summed E-state index contributed by atoms with van der Waals surface area (Å²) in [6, 6.07) is 11.3. The third-order valence-corrected chi connectivity index (χ3v) is 5.72. The number of nitrogens with one attached hydrogen (secondary N) is 1. The van der Waals surface area contributed by atoms with E-state index in [-0.39, 0.29) is 23.1 Å². The van der Waals surface area contributed by atoms with Crippen LogP contribution in [0.1, 0.15) is 17.0 Å². The topological polar surface area (TPSA) is 86.6 Å². The maximum absolute atomic E-state index is 12.9. The first-order valence-corrected chi connectivity index (χ1v) is 9.15. The summed E-state index contributed by atoms with van der Waals surface area (Å²) in [5.41, 5.74) is 1.09. The molecule has 2 aliphatic heterocycles. The van der Waals surface area contributed by atoms with E-state index in [2.05, 4.69) is 27.0 Å². The quantitative estimate of drug-likeness (QED) is 0.729. The Morgan fingerprint density at radius 1 is 1.19 bits per heavy atom. The number of benzene rings is 1. The smallest absolute Gasteiger partial charge is 0.291 e. The van der Waals surface area contributed by atoms with Crippen molar-refractivity contribution in [3.8, 4) is 11.3 Å². The predicted molar refractivity (Wildman–Crippen MR) is 99.5 cm³/mol. The third kappa shape index (κ3) is 2.64. The highest BCUT2D eigenvalue weighted by Gasteiger charge is 2.41. The number of carbonyl (C=O) groups excluding carboxylic acids is 1. The molecule has 1 aromatic carbocycles. The van der Waals surface area contributed by atoms with E-state index in [0.717, 1.165) is 25.1 Å². The summed E-state index contributed by atoms with van der Waals surface area (Å²) in [5, 5.41) is 2.82. The van der Waals surface area contributed by atoms with E-state index in [9.17, 15) is 9.59 Å². The zero-order chi connectivity index (χ0) is 18.5. The number of aromatic amines is 1. The van der Waals surface area contributed by atoms with E-state index in [1.54, 1.807) is 0 Å². The van der Waals surface area contributed by atoms with Crippen molar-refractivity contribution in [1.29, 1.82) is 0 Å². The number of fused-ring (bicyclic) bond motifs is 2. The van der Waals surface area contributed by atoms with Gasteiger partial charge in [-0.3, -0.25) is 14.7 Å². The van der Waals surface area contributed by atoms with Crippen molar-refractivity contribution in [2.45, 2.75) is 12.5 Å². The molecule has 0 radical (unpaired) electrons. The van der Waals surface area contributed by atoms with Gasteiger partial charge in [-0.1, -0.05) is 30.3 Å². The molecule has 138 valence electrons. The molecule has 0 spiro atoms. The molecular weight excluding hydrogens is 344 g/mol. The van der Waals surface area contributed by atoms with Crippen LogP contribution in [0.5, 0.6) is 0 Å². The van der Waals surface area contributed by atoms with E-state index >= 15 is 0 Å². The van der Waals surface area contributed by atoms with Crippen molar-refractivity contribution in [3.05, 3.63) is 52.6 Å². The van der Waals surface area contributed by atoms with Crippen LogP contribution >= 0.6 is 0 Å². The first-order chi connectivity index (χ1) is 13.1. The largest absolute Gasteiger partial charge is 0.334 e. The number of carbonyl (C=O) groups is 1. The minimum absolute atomic E-state index is 0.160. The van der Waals surface area contributed by atoms with E-state index in [4.69, 9.17) is 0 Å². The average Bonchev–Trinajstić information content (AvgIpc) is 3.38. The van der Waals surface area contributed by atoms with Gasteiger partial charge < -0.3 is 9.80 Å². The Bertz CT molecular complexity index is 1070. The second kappa shape index (κ2) is 6.02. The van der Waals surface area contributed by atoms with Gasteiger partial charge in [0.1, 0.15) is 0 Å². The first-order valence-electron chi connectivity index (χ1n) is 9.15. The van der Waals surface area contributed by atoms with Crippen molar-refractivity contribution in [3.63, 3.8) is 0 Å². The highest BCUT2D eigenvalue weighted by atomic mass is 16.2. The molecule has 0 unspecified atom stereocenters. The molecule has 27 heavy (non-hydrogen) atoms. The van der Waals surface area contributed by atoms with E-state index in [1.165, 1.54) is 10.6 Å². The Morgan fingerprint density at radius 2 is 2.00 bits per heavy atom. The fraction of sp³-hybridized carbons (Fsp3) is 0.368. The highest BCUT2D eigenvalue weighted by molar-refractivity contribution is 5.91. The van der Waals surface area contributed by atoms with Crippen molar-refractivity contribution in [2.75, 3.05) is 26.7 Å². The number of hydrogen-bond acceptors (Lipinski definition) is 5. The van der Waals surface area contributed by atoms with Gasteiger partial charge in [0.15, 0.2) is 0 Å². The third-order valence-electron chi connectivity index (χ3n) is 5.72. The first kappa shape index (κ1) is 16.2. The summed E-state index contributed by atoms with van der Waals surface area (Å²) in [6.07, 6.45) is 1.12. The summed E-state index contributed by atoms with van der Waals surface area (Å²) in [6.45, 7) is 2.53. The Morgan fingerprint density at radius 3 is 2.78 bits per heavy atom. The number of hydrogen-bond donors (Lipinski definition) is 1. The normalized spacial score (nSPS) is 22.5. The van der Waals surface area contributed by atoms with Gasteiger partial charge in [0, 0.05) is 30.8 Å². The minimum atomic E-state index is -0.288. The van der Waals surface area contributed by atoms with Crippen LogP contribution in [0.2, 0.25) is 0 Å². The molecule has 4 heterocycles. The summed E-state index contributed by atoms with van der Waals surface area (Å²) in [4.78, 5) is 38.2. The van der Waals surface area contributed by atoms with Crippen LogP contribution in [-0.2, 0) is 0 Å². The molecule has 5 rings (SSSR count). The molecule has 8 heteroatoms. The number of likely N-dealkylation sites (N-methyl/N-ethyl adjacent to an activating group) is 1. The molecule has 2 fully saturated rings. The van der Waals surface area contributed by atoms with Crippen LogP contribution in [0.25, 0.3) is 17.0 Å². The SMILES string of the molecule is CN1CC[C@@H]2CN(C(=O)c3nc4nc(-c5ccccc5)cc(=O)n4[nH]3)C[C@@H]21. The number of amides is 1. The van der Waals surface area contributed by atoms with Gasteiger partial charge in [-0.05, 0) is 25.9 Å². The van der Waals surface area contributed by atoms with Gasteiger partial charge in [-0.2, -0.15) is 9.50 Å². The molecule has 3 aromatic rings. The predicted octanol–water partition coefficient (Wildman–Crippen LogP) is 0.861. The number of likely N-dealkylation sites (tertiary alicyclic amines) is 2. The summed E-state index contributed by atoms with van der Waals surface area (Å²) in [5.74, 6) is 0.714. The fourth-order valence-electron chi connectivity index (χ4n) is 4.22. The van der Waals surface area contributed by atoms with E-state index in [1.807, 2.05) is 35.2 Å². The molecule has 0 aliphatic carbocycles. The van der Waals surface area contributed by atoms with Crippen molar-refractivity contribution in [2.24, 2.45) is 5.92 Å². The lowest BCUT2D eigenvalue weighted by Crippen LogP contribution is -2.35. The molecular formula is C19H20N6O2. The number of rotatable bonds is 2. The Balaban J connectivity index is 1.47. The zero-order valence-corrected chi connectivity index (χ0v) is 15.0. The number of H-pyrrole nitrogens is 1. The molecule has 1 N–H and O–H groups in total. The summed E-state index contributed by atoms with van der Waals surface area (Å²) < 4.78 is 1.22. The zero-order valence-electron chi connectivity index (χ0n) is 15.0. The van der Waals surface area contributed by atoms with Crippen LogP contribution in [0.4, 0.5) is 0 Å². The van der Waals surface area contributed by atoms with Crippen molar-refractivity contribution in [1.82, 2.24) is 29.4 Å². The van der Waals surface area contributed by atoms with E-state index in [0.29, 0.717) is 24.2 Å². The van der Waals surface area contributed by atoms with E-state index < -0.39 is 0 Å². The minimum Gasteiger partial charge on any atom is -0.334 e. The molecule has 1 amide bonds. The Labute approximate surface area is 155 Å². The van der Waals surface area contributed by atoms with Gasteiger partial charge in [0.05, 0.1) is 5.69 Å². The maximum Gasteiger partial charge on any atom is 0.291 e. The summed E-state index contributed by atoms with van der Waals surface area (Å²) >= 11 is 0. The molecule has 8 nitrogen and oxygen atoms in total. The average molecular weight is 364 g/mol. The maximum atomic E-state index is 12.9. The molecule has 2 aliphatic rings. The lowest BCUT2D eigenvalue weighted by atomic mass is 10.1. The molecule has 0 bridgehead atoms. The van der Waals surface area contributed by atoms with Gasteiger partial charge in [-0.15, -0.1) is 0 Å². The van der Waals surface area contributed by atoms with Gasteiger partial charge in [0.2, 0.25) is 5.82 Å². The van der Waals surface area contributed by atoms with Crippen molar-refractivity contribution >= 4 is 11.7 Å². The molecule has 0 saturated carbocycles. The molecule has 2 atom stereocenters. The second-order valence-electron chi connectivity index (χ2n) is 7.36. The van der Waals surface area contributed by atoms with Gasteiger partial charge >= 0.3 is 0 Å². The van der Waals surface area contributed by atoms with Crippen LogP contribution in [-0.4, -0.2) is 68.0 Å². The van der Waals surface area contributed by atoms with Crippen LogP contribution in [0, 0.1) is 5.92 Å². The monoisotopic (exact) mass is 364 g/mol. The van der Waals surface area contributed by atoms with Gasteiger partial charge in [-0.25, -0.2) is 4.98 Å². The number of aromatic nitrogens is 4. The summed E-state index contributed by atoms with van der Waals surface area (Å²) in [7, 11) is 2.11. The fourth-order valence-corrected chi connectivity index (χ4v) is 4.22. The molecule has 2 aromatic heterocycles. The lowest BCUT2D eigenvalue weighted by Gasteiger charge is -2.19. The van der Waals surface area contributed by atoms with Crippen LogP contribution in [0.3, 0.4) is 0 Å². The van der Waals surface area contributed by atoms with Crippen molar-refractivity contribution < 1.29 is 4.79 Å². The second-order valence-corrected chi connectivity index (χ2v) is 7.36. The number of nitrogens with zero attached hydrogens (tertiary/aromatic N) is 5.